The van der Waals surface area contributed by atoms with Crippen LogP contribution in [0.2, 0.25) is 0 Å². The van der Waals surface area contributed by atoms with Crippen LogP contribution in [0.15, 0.2) is 0 Å². The Bertz CT molecular complexity index is 19.4. The van der Waals surface area contributed by atoms with Gasteiger partial charge in [-0.05, 0) is 12.8 Å². The summed E-state index contributed by atoms with van der Waals surface area (Å²) >= 11 is 0. The third kappa shape index (κ3) is 0.977. The molecule has 0 aromatic rings. The highest BCUT2D eigenvalue weighted by molar-refractivity contribution is 4.54. The lowest BCUT2D eigenvalue weighted by molar-refractivity contribution is 0.511. The van der Waals surface area contributed by atoms with Crippen LogP contribution in [0, 0.1) is 0 Å². The van der Waals surface area contributed by atoms with Crippen LogP contribution < -0.4 is 5.32 Å². The van der Waals surface area contributed by atoms with Gasteiger partial charge in [0.05, 0.1) is 0 Å². The van der Waals surface area contributed by atoms with Crippen LogP contribution >= 0.6 is 0 Å². The van der Waals surface area contributed by atoms with E-state index in [-0.39, 0.29) is 0 Å². The van der Waals surface area contributed by atoms with Crippen molar-refractivity contribution in [3.05, 3.63) is 0 Å². The zero-order chi connectivity index (χ0) is 4.24. The highest BCUT2D eigenvalue weighted by atomic mass is 14.9. The van der Waals surface area contributed by atoms with Crippen molar-refractivity contribution in [1.29, 1.82) is 0 Å². The lowest BCUT2D eigenvalue weighted by atomic mass is 10.2. The largest absolute Gasteiger partial charge is 0.242 e. The molecule has 0 aliphatic carbocycles. The van der Waals surface area contributed by atoms with Gasteiger partial charge in [0, 0.05) is 13.1 Å². The van der Waals surface area contributed by atoms with Crippen LogP contribution in [0.3, 0.4) is 0 Å². The topological polar surface area (TPSA) is 14.1 Å². The lowest BCUT2D eigenvalue weighted by Gasteiger charge is -2.06. The number of hydrogen-bond donors (Lipinski definition) is 0. The van der Waals surface area contributed by atoms with E-state index in [1.165, 1.54) is 19.3 Å². The van der Waals surface area contributed by atoms with Crippen LogP contribution in [0.25, 0.3) is 0 Å². The average molecular weight is 84.1 g/mol. The number of nitrogens with zero attached hydrogens (tertiary/aromatic N) is 1. The van der Waals surface area contributed by atoms with E-state index in [0.717, 1.165) is 13.1 Å². The summed E-state index contributed by atoms with van der Waals surface area (Å²) in [7, 11) is 0. The molecule has 0 aromatic carbocycles. The predicted octanol–water partition coefficient (Wildman–Crippen LogP) is 0.775. The zero-order valence-corrected chi connectivity index (χ0v) is 3.98. The first kappa shape index (κ1) is 4.13. The van der Waals surface area contributed by atoms with E-state index in [9.17, 15) is 0 Å². The number of hydrogen-bond acceptors (Lipinski definition) is 0. The van der Waals surface area contributed by atoms with Gasteiger partial charge >= 0.3 is 0 Å². The molecule has 0 bridgehead atoms. The molecular weight excluding hydrogens is 74.1 g/mol. The van der Waals surface area contributed by atoms with Crippen LogP contribution in [-0.2, 0) is 0 Å². The summed E-state index contributed by atoms with van der Waals surface area (Å²) in [5, 5.41) is 4.18. The molecule has 0 amide bonds. The van der Waals surface area contributed by atoms with E-state index in [2.05, 4.69) is 5.32 Å². The smallest absolute Gasteiger partial charge is 0.0133 e. The van der Waals surface area contributed by atoms with Gasteiger partial charge in [-0.3, -0.25) is 0 Å². The van der Waals surface area contributed by atoms with Gasteiger partial charge in [0.15, 0.2) is 0 Å². The summed E-state index contributed by atoms with van der Waals surface area (Å²) < 4.78 is 0. The maximum absolute atomic E-state index is 4.18. The third-order valence-corrected chi connectivity index (χ3v) is 1.13. The first-order valence-corrected chi connectivity index (χ1v) is 2.63. The molecule has 1 aliphatic rings. The maximum Gasteiger partial charge on any atom is 0.0133 e. The SMILES string of the molecule is C1CC[N]CC1. The quantitative estimate of drug-likeness (QED) is 0.411. The van der Waals surface area contributed by atoms with Crippen molar-refractivity contribution in [3.8, 4) is 0 Å². The average Bonchev–Trinajstić information content (AvgIpc) is 1.72. The third-order valence-electron chi connectivity index (χ3n) is 1.13. The Morgan fingerprint density at radius 2 is 1.50 bits per heavy atom. The van der Waals surface area contributed by atoms with Crippen LogP contribution in [-0.4, -0.2) is 13.1 Å². The van der Waals surface area contributed by atoms with Gasteiger partial charge in [0.2, 0.25) is 0 Å². The fourth-order valence-corrected chi connectivity index (χ4v) is 0.736. The Hall–Kier alpha value is -0.0400. The number of rotatable bonds is 0. The molecular formula is C5H10N. The second-order valence-electron chi connectivity index (χ2n) is 1.73. The Morgan fingerprint density at radius 3 is 1.67 bits per heavy atom. The zero-order valence-electron chi connectivity index (χ0n) is 3.98. The van der Waals surface area contributed by atoms with E-state index in [0.29, 0.717) is 0 Å². The summed E-state index contributed by atoms with van der Waals surface area (Å²) in [4.78, 5) is 0. The first-order valence-electron chi connectivity index (χ1n) is 2.63. The minimum absolute atomic E-state index is 1.12. The molecule has 0 N–H and O–H groups in total. The molecule has 1 nitrogen and oxygen atoms in total. The number of piperidine rings is 1. The fourth-order valence-electron chi connectivity index (χ4n) is 0.736. The molecule has 1 radical (unpaired) electrons. The second kappa shape index (κ2) is 2.19. The summed E-state index contributed by atoms with van der Waals surface area (Å²) in [5.74, 6) is 0. The van der Waals surface area contributed by atoms with Gasteiger partial charge < -0.3 is 0 Å². The Balaban J connectivity index is 2.00. The van der Waals surface area contributed by atoms with Gasteiger partial charge in [0.25, 0.3) is 0 Å². The van der Waals surface area contributed by atoms with Gasteiger partial charge in [0.1, 0.15) is 0 Å². The van der Waals surface area contributed by atoms with E-state index >= 15 is 0 Å². The molecule has 1 heterocycles. The Kier molecular flexibility index (Phi) is 1.51. The van der Waals surface area contributed by atoms with Crippen LogP contribution in [0.4, 0.5) is 0 Å². The summed E-state index contributed by atoms with van der Waals surface area (Å²) in [5.41, 5.74) is 0. The van der Waals surface area contributed by atoms with E-state index in [4.69, 9.17) is 0 Å². The fraction of sp³-hybridized carbons (Fsp3) is 1.00. The summed E-state index contributed by atoms with van der Waals surface area (Å²) in [6.07, 6.45) is 4.07. The minimum atomic E-state index is 1.12. The van der Waals surface area contributed by atoms with Crippen LogP contribution in [0.5, 0.6) is 0 Å². The second-order valence-corrected chi connectivity index (χ2v) is 1.73. The molecule has 0 saturated carbocycles. The summed E-state index contributed by atoms with van der Waals surface area (Å²) in [6, 6.07) is 0. The van der Waals surface area contributed by atoms with Crippen molar-refractivity contribution >= 4 is 0 Å². The molecule has 0 aromatic heterocycles. The molecule has 1 aliphatic heterocycles. The van der Waals surface area contributed by atoms with Crippen molar-refractivity contribution < 1.29 is 0 Å². The first-order chi connectivity index (χ1) is 3.00. The van der Waals surface area contributed by atoms with Crippen molar-refractivity contribution in [2.45, 2.75) is 19.3 Å². The molecule has 0 atom stereocenters. The maximum atomic E-state index is 4.18. The monoisotopic (exact) mass is 84.1 g/mol. The van der Waals surface area contributed by atoms with E-state index in [1.807, 2.05) is 0 Å². The molecule has 35 valence electrons. The summed E-state index contributed by atoms with van der Waals surface area (Å²) in [6.45, 7) is 2.25. The molecule has 1 saturated heterocycles. The van der Waals surface area contributed by atoms with Crippen molar-refractivity contribution in [2.75, 3.05) is 13.1 Å². The van der Waals surface area contributed by atoms with E-state index < -0.39 is 0 Å². The molecule has 1 rings (SSSR count). The molecule has 0 spiro atoms. The van der Waals surface area contributed by atoms with Crippen molar-refractivity contribution in [1.82, 2.24) is 5.32 Å². The van der Waals surface area contributed by atoms with Gasteiger partial charge in [-0.2, -0.15) is 0 Å². The van der Waals surface area contributed by atoms with Gasteiger partial charge in [-0.15, -0.1) is 0 Å². The lowest BCUT2D eigenvalue weighted by Crippen LogP contribution is -2.13. The van der Waals surface area contributed by atoms with Crippen molar-refractivity contribution in [3.63, 3.8) is 0 Å². The highest BCUT2D eigenvalue weighted by Gasteiger charge is 1.95. The minimum Gasteiger partial charge on any atom is -0.242 e. The molecule has 0 unspecified atom stereocenters. The van der Waals surface area contributed by atoms with Gasteiger partial charge in [-0.1, -0.05) is 6.42 Å². The highest BCUT2D eigenvalue weighted by Crippen LogP contribution is 1.98. The Morgan fingerprint density at radius 1 is 0.833 bits per heavy atom. The normalized spacial score (nSPS) is 24.0. The Labute approximate surface area is 38.7 Å². The molecule has 6 heavy (non-hydrogen) atoms. The van der Waals surface area contributed by atoms with E-state index in [1.54, 1.807) is 0 Å². The van der Waals surface area contributed by atoms with Gasteiger partial charge in [-0.25, -0.2) is 5.32 Å². The molecule has 1 fully saturated rings. The van der Waals surface area contributed by atoms with Crippen molar-refractivity contribution in [2.24, 2.45) is 0 Å². The predicted molar refractivity (Wildman–Crippen MR) is 25.7 cm³/mol. The standard InChI is InChI=1S/C5H10N/c1-2-4-6-5-3-1/h1-5H2. The molecule has 1 heteroatoms. The van der Waals surface area contributed by atoms with Crippen LogP contribution in [0.1, 0.15) is 19.3 Å².